The Morgan fingerprint density at radius 3 is 2.24 bits per heavy atom. The second-order valence-corrected chi connectivity index (χ2v) is 4.29. The minimum absolute atomic E-state index is 0.136. The van der Waals surface area contributed by atoms with Gasteiger partial charge in [-0.1, -0.05) is 6.92 Å². The lowest BCUT2D eigenvalue weighted by atomic mass is 9.94. The molecule has 0 bridgehead atoms. The third-order valence-electron chi connectivity index (χ3n) is 4.07. The highest BCUT2D eigenvalue weighted by Crippen LogP contribution is 2.78. The summed E-state index contributed by atoms with van der Waals surface area (Å²) in [5.74, 6) is -1.53. The highest BCUT2D eigenvalue weighted by Gasteiger charge is 2.92. The predicted octanol–water partition coefficient (Wildman–Crippen LogP) is 0.364. The van der Waals surface area contributed by atoms with Crippen LogP contribution in [-0.4, -0.2) is 26.0 Å². The van der Waals surface area contributed by atoms with E-state index in [9.17, 15) is 10.5 Å². The number of aliphatic imine (C=N–C) groups is 1. The summed E-state index contributed by atoms with van der Waals surface area (Å²) in [6, 6.07) is 4.31. The Labute approximate surface area is 99.6 Å². The predicted molar refractivity (Wildman–Crippen MR) is 58.2 cm³/mol. The van der Waals surface area contributed by atoms with E-state index in [1.165, 1.54) is 14.2 Å². The first kappa shape index (κ1) is 11.8. The van der Waals surface area contributed by atoms with Crippen molar-refractivity contribution in [2.24, 2.45) is 27.5 Å². The van der Waals surface area contributed by atoms with E-state index in [0.717, 1.165) is 0 Å². The van der Waals surface area contributed by atoms with Crippen molar-refractivity contribution in [2.45, 2.75) is 19.3 Å². The molecular weight excluding hydrogens is 220 g/mol. The first-order valence-corrected chi connectivity index (χ1v) is 5.35. The van der Waals surface area contributed by atoms with Crippen molar-refractivity contribution in [1.29, 1.82) is 10.5 Å². The monoisotopic (exact) mass is 234 g/mol. The third kappa shape index (κ3) is 0.833. The Hall–Kier alpha value is -1.63. The first-order valence-electron chi connectivity index (χ1n) is 5.35. The van der Waals surface area contributed by atoms with Gasteiger partial charge in [0.15, 0.2) is 5.41 Å². The molecule has 17 heavy (non-hydrogen) atoms. The molecule has 0 aromatic heterocycles. The first-order chi connectivity index (χ1) is 8.06. The van der Waals surface area contributed by atoms with Crippen LogP contribution >= 0.6 is 0 Å². The van der Waals surface area contributed by atoms with Gasteiger partial charge in [0.05, 0.1) is 12.1 Å². The Balaban J connectivity index is 2.66. The Bertz CT molecular complexity index is 471. The van der Waals surface area contributed by atoms with Crippen LogP contribution in [0, 0.1) is 39.4 Å². The number of hydrogen-bond donors (Lipinski definition) is 1. The quantitative estimate of drug-likeness (QED) is 0.710. The van der Waals surface area contributed by atoms with E-state index in [1.54, 1.807) is 0 Å². The largest absolute Gasteiger partial charge is 0.386 e. The molecule has 0 aromatic rings. The lowest BCUT2D eigenvalue weighted by Crippen LogP contribution is -2.41. The van der Waals surface area contributed by atoms with Gasteiger partial charge in [-0.25, -0.2) is 4.99 Å². The summed E-state index contributed by atoms with van der Waals surface area (Å²) in [4.78, 5) is 4.08. The van der Waals surface area contributed by atoms with Crippen LogP contribution < -0.4 is 5.73 Å². The maximum absolute atomic E-state index is 9.49. The minimum atomic E-state index is -1.46. The Kier molecular flexibility index (Phi) is 2.22. The van der Waals surface area contributed by atoms with Crippen molar-refractivity contribution >= 4 is 5.84 Å². The number of ether oxygens (including phenoxy) is 2. The van der Waals surface area contributed by atoms with Crippen molar-refractivity contribution in [3.05, 3.63) is 0 Å². The molecule has 2 N–H and O–H groups in total. The fraction of sp³-hybridized carbons (Fsp3) is 0.727. The summed E-state index contributed by atoms with van der Waals surface area (Å²) < 4.78 is 10.5. The summed E-state index contributed by atoms with van der Waals surface area (Å²) in [6.07, 6.45) is 0.645. The van der Waals surface area contributed by atoms with Gasteiger partial charge in [0.25, 0.3) is 5.91 Å². The van der Waals surface area contributed by atoms with Crippen molar-refractivity contribution in [3.63, 3.8) is 0 Å². The van der Waals surface area contributed by atoms with Crippen LogP contribution in [0.2, 0.25) is 0 Å². The molecule has 2 rings (SSSR count). The fourth-order valence-electron chi connectivity index (χ4n) is 3.31. The van der Waals surface area contributed by atoms with Gasteiger partial charge in [0.1, 0.15) is 11.3 Å². The molecule has 0 unspecified atom stereocenters. The van der Waals surface area contributed by atoms with Gasteiger partial charge in [-0.05, 0) is 6.42 Å². The molecule has 1 aliphatic heterocycles. The molecule has 1 saturated carbocycles. The van der Waals surface area contributed by atoms with Crippen molar-refractivity contribution < 1.29 is 9.47 Å². The van der Waals surface area contributed by atoms with E-state index in [1.807, 2.05) is 6.92 Å². The van der Waals surface area contributed by atoms with Gasteiger partial charge in [-0.3, -0.25) is 0 Å². The van der Waals surface area contributed by atoms with Gasteiger partial charge in [0, 0.05) is 20.1 Å². The number of nitriles is 2. The normalized spacial score (nSPS) is 41.0. The molecule has 2 aliphatic rings. The number of rotatable bonds is 3. The van der Waals surface area contributed by atoms with Crippen LogP contribution in [0.15, 0.2) is 4.99 Å². The van der Waals surface area contributed by atoms with Crippen molar-refractivity contribution in [2.75, 3.05) is 14.2 Å². The molecule has 6 heteroatoms. The molecule has 1 heterocycles. The summed E-state index contributed by atoms with van der Waals surface area (Å²) in [7, 11) is 2.80. The van der Waals surface area contributed by atoms with Gasteiger partial charge in [-0.2, -0.15) is 10.5 Å². The minimum Gasteiger partial charge on any atom is -0.386 e. The number of amidine groups is 1. The zero-order valence-electron chi connectivity index (χ0n) is 10.0. The average molecular weight is 234 g/mol. The number of methoxy groups -OCH3 is 2. The molecule has 90 valence electrons. The summed E-state index contributed by atoms with van der Waals surface area (Å²) >= 11 is 0. The highest BCUT2D eigenvalue weighted by atomic mass is 16.7. The average Bonchev–Trinajstić information content (AvgIpc) is 2.92. The molecule has 0 saturated heterocycles. The zero-order chi connectivity index (χ0) is 12.9. The van der Waals surface area contributed by atoms with Crippen LogP contribution in [0.3, 0.4) is 0 Å². The topological polar surface area (TPSA) is 104 Å². The van der Waals surface area contributed by atoms with Crippen molar-refractivity contribution in [1.82, 2.24) is 0 Å². The lowest BCUT2D eigenvalue weighted by Gasteiger charge is -2.29. The standard InChI is InChI=1S/C11H14N4O2/c1-4-7-9(5-12)8(14)15-11(16-2,17-3)10(7,9)6-13/h7H,4H2,1-3H3,(H2,14,15)/t7-,9+,10+/m0/s1. The van der Waals surface area contributed by atoms with E-state index >= 15 is 0 Å². The van der Waals surface area contributed by atoms with Gasteiger partial charge in [0.2, 0.25) is 0 Å². The Morgan fingerprint density at radius 2 is 1.94 bits per heavy atom. The smallest absolute Gasteiger partial charge is 0.292 e. The van der Waals surface area contributed by atoms with Crippen LogP contribution in [0.5, 0.6) is 0 Å². The van der Waals surface area contributed by atoms with Crippen LogP contribution in [0.4, 0.5) is 0 Å². The SMILES string of the molecule is CC[C@H]1[C@]2(C#N)C(N)=NC(OC)(OC)[C@]12C#N. The van der Waals surface area contributed by atoms with E-state index in [0.29, 0.717) is 6.42 Å². The van der Waals surface area contributed by atoms with Crippen LogP contribution in [-0.2, 0) is 9.47 Å². The maximum atomic E-state index is 9.49. The van der Waals surface area contributed by atoms with E-state index in [-0.39, 0.29) is 11.8 Å². The molecule has 0 amide bonds. The van der Waals surface area contributed by atoms with Crippen molar-refractivity contribution in [3.8, 4) is 12.1 Å². The molecule has 3 atom stereocenters. The van der Waals surface area contributed by atoms with E-state index in [2.05, 4.69) is 17.1 Å². The summed E-state index contributed by atoms with van der Waals surface area (Å²) in [6.45, 7) is 1.91. The number of fused-ring (bicyclic) bond motifs is 1. The summed E-state index contributed by atoms with van der Waals surface area (Å²) in [5.41, 5.74) is 3.64. The maximum Gasteiger partial charge on any atom is 0.292 e. The highest BCUT2D eigenvalue weighted by molar-refractivity contribution is 5.98. The number of nitrogens with two attached hydrogens (primary N) is 1. The lowest BCUT2D eigenvalue weighted by molar-refractivity contribution is -0.232. The van der Waals surface area contributed by atoms with Gasteiger partial charge >= 0.3 is 0 Å². The molecular formula is C11H14N4O2. The second kappa shape index (κ2) is 3.19. The molecule has 0 radical (unpaired) electrons. The molecule has 1 fully saturated rings. The Morgan fingerprint density at radius 1 is 1.35 bits per heavy atom. The second-order valence-electron chi connectivity index (χ2n) is 4.29. The number of hydrogen-bond acceptors (Lipinski definition) is 6. The number of nitrogens with zero attached hydrogens (tertiary/aromatic N) is 3. The molecule has 0 aromatic carbocycles. The van der Waals surface area contributed by atoms with Crippen LogP contribution in [0.25, 0.3) is 0 Å². The zero-order valence-corrected chi connectivity index (χ0v) is 10.0. The van der Waals surface area contributed by atoms with E-state index in [4.69, 9.17) is 15.2 Å². The molecule has 0 spiro atoms. The summed E-state index contributed by atoms with van der Waals surface area (Å²) in [5, 5.41) is 18.9. The van der Waals surface area contributed by atoms with Crippen LogP contribution in [0.1, 0.15) is 13.3 Å². The third-order valence-corrected chi connectivity index (χ3v) is 4.07. The fourth-order valence-corrected chi connectivity index (χ4v) is 3.31. The van der Waals surface area contributed by atoms with Gasteiger partial charge < -0.3 is 15.2 Å². The molecule has 1 aliphatic carbocycles. The molecule has 6 nitrogen and oxygen atoms in total. The van der Waals surface area contributed by atoms with Gasteiger partial charge in [-0.15, -0.1) is 0 Å². The van der Waals surface area contributed by atoms with E-state index < -0.39 is 16.7 Å².